The fourth-order valence-electron chi connectivity index (χ4n) is 1.33. The van der Waals surface area contributed by atoms with Gasteiger partial charge in [-0.25, -0.2) is 0 Å². The number of aliphatic imine (C=N–C) groups is 1. The molecule has 0 bridgehead atoms. The van der Waals surface area contributed by atoms with E-state index in [0.29, 0.717) is 17.8 Å². The van der Waals surface area contributed by atoms with Gasteiger partial charge >= 0.3 is 0 Å². The van der Waals surface area contributed by atoms with E-state index >= 15 is 0 Å². The number of phenolic OH excluding ortho intramolecular Hbond substituents is 1. The maximum atomic E-state index is 10.9. The lowest BCUT2D eigenvalue weighted by atomic mass is 10.2. The number of aromatic hydroxyl groups is 1. The molecule has 80 valence electrons. The number of nitrogens with zero attached hydrogens (tertiary/aromatic N) is 1. The van der Waals surface area contributed by atoms with Crippen LogP contribution < -0.4 is 0 Å². The molecular formula is C12H15NO2. The number of benzene rings is 1. The van der Waals surface area contributed by atoms with E-state index in [-0.39, 0.29) is 11.5 Å². The highest BCUT2D eigenvalue weighted by atomic mass is 16.3. The van der Waals surface area contributed by atoms with Crippen LogP contribution >= 0.6 is 0 Å². The summed E-state index contributed by atoms with van der Waals surface area (Å²) in [5, 5.41) is 9.53. The zero-order chi connectivity index (χ0) is 11.4. The summed E-state index contributed by atoms with van der Waals surface area (Å²) in [6.45, 7) is 5.23. The fourth-order valence-corrected chi connectivity index (χ4v) is 1.33. The fraction of sp³-hybridized carbons (Fsp3) is 0.333. The van der Waals surface area contributed by atoms with Crippen LogP contribution in [0.2, 0.25) is 0 Å². The topological polar surface area (TPSA) is 49.7 Å². The highest BCUT2D eigenvalue weighted by molar-refractivity contribution is 6.00. The molecule has 0 aliphatic heterocycles. The minimum atomic E-state index is 0.0726. The van der Waals surface area contributed by atoms with Crippen molar-refractivity contribution in [3.05, 3.63) is 23.8 Å². The van der Waals surface area contributed by atoms with Crippen LogP contribution in [-0.2, 0) is 4.79 Å². The van der Waals surface area contributed by atoms with E-state index in [9.17, 15) is 9.90 Å². The minimum absolute atomic E-state index is 0.0726. The molecule has 1 rings (SSSR count). The molecule has 1 N–H and O–H groups in total. The van der Waals surface area contributed by atoms with Gasteiger partial charge in [-0.3, -0.25) is 9.79 Å². The molecular weight excluding hydrogens is 190 g/mol. The summed E-state index contributed by atoms with van der Waals surface area (Å²) in [4.78, 5) is 15.1. The molecule has 0 heterocycles. The molecule has 0 radical (unpaired) electrons. The second kappa shape index (κ2) is 4.73. The molecule has 0 aromatic heterocycles. The predicted octanol–water partition coefficient (Wildman–Crippen LogP) is 2.77. The van der Waals surface area contributed by atoms with Crippen LogP contribution in [0.1, 0.15) is 25.8 Å². The van der Waals surface area contributed by atoms with E-state index in [4.69, 9.17) is 0 Å². The average Bonchev–Trinajstić information content (AvgIpc) is 2.10. The molecule has 0 fully saturated rings. The summed E-state index contributed by atoms with van der Waals surface area (Å²) in [5.41, 5.74) is 2.26. The van der Waals surface area contributed by atoms with Gasteiger partial charge in [-0.2, -0.15) is 0 Å². The van der Waals surface area contributed by atoms with Gasteiger partial charge in [-0.05, 0) is 38.5 Å². The Labute approximate surface area is 89.5 Å². The average molecular weight is 205 g/mol. The SMILES string of the molecule is CC(=O)CC(C)=Nc1cc(C)ccc1O. The molecule has 15 heavy (non-hydrogen) atoms. The van der Waals surface area contributed by atoms with Gasteiger partial charge in [-0.15, -0.1) is 0 Å². The smallest absolute Gasteiger partial charge is 0.141 e. The van der Waals surface area contributed by atoms with Gasteiger partial charge in [0.1, 0.15) is 17.2 Å². The Hall–Kier alpha value is -1.64. The lowest BCUT2D eigenvalue weighted by molar-refractivity contribution is -0.115. The van der Waals surface area contributed by atoms with Crippen LogP contribution in [0.25, 0.3) is 0 Å². The summed E-state index contributed by atoms with van der Waals surface area (Å²) < 4.78 is 0. The molecule has 0 unspecified atom stereocenters. The van der Waals surface area contributed by atoms with E-state index in [1.807, 2.05) is 13.0 Å². The summed E-state index contributed by atoms with van der Waals surface area (Å²) in [5.74, 6) is 0.215. The first-order valence-corrected chi connectivity index (χ1v) is 4.82. The summed E-state index contributed by atoms with van der Waals surface area (Å²) in [7, 11) is 0. The Bertz CT molecular complexity index is 408. The number of phenols is 1. The van der Waals surface area contributed by atoms with Crippen LogP contribution in [0.5, 0.6) is 5.75 Å². The molecule has 0 aliphatic carbocycles. The third-order valence-electron chi connectivity index (χ3n) is 1.95. The van der Waals surface area contributed by atoms with Gasteiger partial charge in [0.25, 0.3) is 0 Å². The molecule has 3 heteroatoms. The van der Waals surface area contributed by atoms with Crippen molar-refractivity contribution >= 4 is 17.2 Å². The molecule has 0 aliphatic rings. The number of ketones is 1. The first kappa shape index (κ1) is 11.4. The predicted molar refractivity (Wildman–Crippen MR) is 60.9 cm³/mol. The van der Waals surface area contributed by atoms with Gasteiger partial charge in [-0.1, -0.05) is 6.07 Å². The highest BCUT2D eigenvalue weighted by Crippen LogP contribution is 2.27. The molecule has 0 spiro atoms. The van der Waals surface area contributed by atoms with Gasteiger partial charge in [0, 0.05) is 12.1 Å². The summed E-state index contributed by atoms with van der Waals surface area (Å²) >= 11 is 0. The largest absolute Gasteiger partial charge is 0.506 e. The van der Waals surface area contributed by atoms with Crippen molar-refractivity contribution in [1.29, 1.82) is 0 Å². The quantitative estimate of drug-likeness (QED) is 0.771. The molecule has 0 saturated carbocycles. The van der Waals surface area contributed by atoms with Crippen molar-refractivity contribution in [1.82, 2.24) is 0 Å². The molecule has 0 saturated heterocycles. The number of aryl methyl sites for hydroxylation is 1. The van der Waals surface area contributed by atoms with Gasteiger partial charge in [0.05, 0.1) is 0 Å². The normalized spacial score (nSPS) is 11.5. The van der Waals surface area contributed by atoms with Crippen molar-refractivity contribution < 1.29 is 9.90 Å². The van der Waals surface area contributed by atoms with E-state index in [0.717, 1.165) is 5.56 Å². The standard InChI is InChI=1S/C12H15NO2/c1-8-4-5-12(15)11(6-8)13-9(2)7-10(3)14/h4-6,15H,7H2,1-3H3. The molecule has 1 aromatic rings. The first-order valence-electron chi connectivity index (χ1n) is 4.82. The first-order chi connectivity index (χ1) is 6.99. The Morgan fingerprint density at radius 1 is 1.40 bits per heavy atom. The molecule has 1 aromatic carbocycles. The van der Waals surface area contributed by atoms with Crippen molar-refractivity contribution in [3.63, 3.8) is 0 Å². The summed E-state index contributed by atoms with van der Waals surface area (Å²) in [6.07, 6.45) is 0.327. The Morgan fingerprint density at radius 2 is 2.07 bits per heavy atom. The number of hydrogen-bond donors (Lipinski definition) is 1. The van der Waals surface area contributed by atoms with Gasteiger partial charge in [0.2, 0.25) is 0 Å². The minimum Gasteiger partial charge on any atom is -0.506 e. The van der Waals surface area contributed by atoms with Crippen molar-refractivity contribution in [2.45, 2.75) is 27.2 Å². The van der Waals surface area contributed by atoms with Crippen LogP contribution in [0.3, 0.4) is 0 Å². The third kappa shape index (κ3) is 3.54. The molecule has 0 atom stereocenters. The zero-order valence-electron chi connectivity index (χ0n) is 9.24. The number of hydrogen-bond acceptors (Lipinski definition) is 3. The zero-order valence-corrected chi connectivity index (χ0v) is 9.24. The third-order valence-corrected chi connectivity index (χ3v) is 1.95. The Balaban J connectivity index is 2.96. The second-order valence-electron chi connectivity index (χ2n) is 3.72. The Morgan fingerprint density at radius 3 is 2.67 bits per heavy atom. The van der Waals surface area contributed by atoms with Gasteiger partial charge in [0.15, 0.2) is 0 Å². The van der Waals surface area contributed by atoms with E-state index in [2.05, 4.69) is 4.99 Å². The summed E-state index contributed by atoms with van der Waals surface area (Å²) in [6, 6.07) is 5.21. The number of carbonyl (C=O) groups excluding carboxylic acids is 1. The van der Waals surface area contributed by atoms with Crippen LogP contribution in [-0.4, -0.2) is 16.6 Å². The molecule has 0 amide bonds. The maximum Gasteiger partial charge on any atom is 0.141 e. The van der Waals surface area contributed by atoms with Crippen LogP contribution in [0.4, 0.5) is 5.69 Å². The monoisotopic (exact) mass is 205 g/mol. The van der Waals surface area contributed by atoms with E-state index < -0.39 is 0 Å². The van der Waals surface area contributed by atoms with Gasteiger partial charge < -0.3 is 5.11 Å². The number of carbonyl (C=O) groups is 1. The van der Waals surface area contributed by atoms with E-state index in [1.165, 1.54) is 6.92 Å². The second-order valence-corrected chi connectivity index (χ2v) is 3.72. The van der Waals surface area contributed by atoms with Crippen molar-refractivity contribution in [2.24, 2.45) is 4.99 Å². The maximum absolute atomic E-state index is 10.9. The Kier molecular flexibility index (Phi) is 3.61. The highest BCUT2D eigenvalue weighted by Gasteiger charge is 2.02. The number of Topliss-reactive ketones (excluding diaryl/α,β-unsaturated/α-hetero) is 1. The van der Waals surface area contributed by atoms with Crippen LogP contribution in [0, 0.1) is 6.92 Å². The lowest BCUT2D eigenvalue weighted by Gasteiger charge is -2.02. The van der Waals surface area contributed by atoms with E-state index in [1.54, 1.807) is 19.1 Å². The van der Waals surface area contributed by atoms with Crippen molar-refractivity contribution in [2.75, 3.05) is 0 Å². The number of rotatable bonds is 3. The van der Waals surface area contributed by atoms with Crippen molar-refractivity contribution in [3.8, 4) is 5.75 Å². The van der Waals surface area contributed by atoms with Crippen LogP contribution in [0.15, 0.2) is 23.2 Å². The lowest BCUT2D eigenvalue weighted by Crippen LogP contribution is -1.99. The molecule has 3 nitrogen and oxygen atoms in total.